The first-order valence-electron chi connectivity index (χ1n) is 21.4. The number of carbonyl (C=O) groups is 4. The van der Waals surface area contributed by atoms with Crippen LogP contribution in [0.3, 0.4) is 0 Å². The van der Waals surface area contributed by atoms with E-state index in [0.29, 0.717) is 74.1 Å². The maximum Gasteiger partial charge on any atom is 0.301 e. The highest BCUT2D eigenvalue weighted by Gasteiger charge is 2.47. The van der Waals surface area contributed by atoms with E-state index in [9.17, 15) is 27.6 Å². The van der Waals surface area contributed by atoms with Gasteiger partial charge in [-0.2, -0.15) is 12.7 Å². The molecule has 1 aliphatic carbocycles. The minimum atomic E-state index is -4.16. The number of rotatable bonds is 13. The van der Waals surface area contributed by atoms with Gasteiger partial charge in [0.2, 0.25) is 29.5 Å². The molecule has 0 radical (unpaired) electrons. The Labute approximate surface area is 372 Å². The highest BCUT2D eigenvalue weighted by Crippen LogP contribution is 2.46. The fourth-order valence-electron chi connectivity index (χ4n) is 8.97. The monoisotopic (exact) mass is 913 g/mol. The summed E-state index contributed by atoms with van der Waals surface area (Å²) in [4.78, 5) is 73.3. The highest BCUT2D eigenvalue weighted by molar-refractivity contribution is 7.90. The lowest BCUT2D eigenvalue weighted by molar-refractivity contribution is -0.143. The van der Waals surface area contributed by atoms with Crippen molar-refractivity contribution in [1.29, 1.82) is 0 Å². The van der Waals surface area contributed by atoms with E-state index in [0.717, 1.165) is 29.3 Å². The average Bonchev–Trinajstić information content (AvgIpc) is 3.70. The number of imide groups is 1. The van der Waals surface area contributed by atoms with Crippen molar-refractivity contribution in [3.8, 4) is 11.1 Å². The van der Waals surface area contributed by atoms with Crippen molar-refractivity contribution in [2.24, 2.45) is 17.8 Å². The van der Waals surface area contributed by atoms with Crippen molar-refractivity contribution in [1.82, 2.24) is 34.5 Å². The summed E-state index contributed by atoms with van der Waals surface area (Å²) in [6.45, 7) is 5.05. The fourth-order valence-corrected chi connectivity index (χ4v) is 9.90. The second-order valence-electron chi connectivity index (χ2n) is 16.9. The van der Waals surface area contributed by atoms with E-state index in [4.69, 9.17) is 0 Å². The fraction of sp³-hybridized carbons (Fsp3) is 0.386. The minimum Gasteiger partial charge on any atom is -0.374 e. The zero-order valence-electron chi connectivity index (χ0n) is 35.5. The Morgan fingerprint density at radius 1 is 0.892 bits per heavy atom. The van der Waals surface area contributed by atoms with Crippen LogP contribution in [0.1, 0.15) is 48.5 Å². The Balaban J connectivity index is 0.788. The van der Waals surface area contributed by atoms with Gasteiger partial charge in [-0.1, -0.05) is 6.92 Å². The van der Waals surface area contributed by atoms with E-state index >= 15 is 13.2 Å². The van der Waals surface area contributed by atoms with Crippen LogP contribution >= 0.6 is 0 Å². The molecule has 3 aromatic heterocycles. The summed E-state index contributed by atoms with van der Waals surface area (Å²) in [5, 5.41) is 5.59. The number of carbonyl (C=O) groups excluding carboxylic acids is 4. The van der Waals surface area contributed by atoms with Crippen LogP contribution in [0, 0.1) is 35.2 Å². The van der Waals surface area contributed by atoms with Crippen LogP contribution in [0.2, 0.25) is 0 Å². The molecule has 3 unspecified atom stereocenters. The summed E-state index contributed by atoms with van der Waals surface area (Å²) in [5.41, 5.74) is 0.747. The molecule has 9 rings (SSSR count). The molecule has 5 aromatic rings. The minimum absolute atomic E-state index is 0.0761. The van der Waals surface area contributed by atoms with E-state index in [2.05, 4.69) is 35.3 Å². The number of hydrogen-bond donors (Lipinski definition) is 4. The van der Waals surface area contributed by atoms with Gasteiger partial charge in [0, 0.05) is 118 Å². The zero-order chi connectivity index (χ0) is 45.7. The third-order valence-electron chi connectivity index (χ3n) is 13.1. The van der Waals surface area contributed by atoms with Crippen molar-refractivity contribution >= 4 is 67.8 Å². The molecular weight excluding hydrogens is 868 g/mol. The Bertz CT molecular complexity index is 2810. The number of aromatic amines is 1. The van der Waals surface area contributed by atoms with Gasteiger partial charge < -0.3 is 25.0 Å². The second-order valence-corrected chi connectivity index (χ2v) is 18.6. The number of piperidine rings is 1. The van der Waals surface area contributed by atoms with Crippen molar-refractivity contribution < 1.29 is 40.8 Å². The molecule has 3 saturated heterocycles. The van der Waals surface area contributed by atoms with Gasteiger partial charge in [-0.15, -0.1) is 0 Å². The van der Waals surface area contributed by atoms with Crippen molar-refractivity contribution in [3.05, 3.63) is 89.8 Å². The Morgan fingerprint density at radius 2 is 1.63 bits per heavy atom. The molecule has 65 heavy (non-hydrogen) atoms. The quantitative estimate of drug-likeness (QED) is 0.0965. The second kappa shape index (κ2) is 17.4. The number of nitrogens with one attached hydrogen (secondary N) is 4. The number of nitrogens with zero attached hydrogens (tertiary/aromatic N) is 7. The average molecular weight is 914 g/mol. The van der Waals surface area contributed by atoms with Gasteiger partial charge in [-0.25, -0.2) is 28.1 Å². The summed E-state index contributed by atoms with van der Waals surface area (Å²) >= 11 is 0. The number of piperazine rings is 1. The lowest BCUT2D eigenvalue weighted by Gasteiger charge is -2.51. The molecule has 0 spiro atoms. The molecule has 2 aromatic carbocycles. The smallest absolute Gasteiger partial charge is 0.301 e. The standard InChI is InChI=1S/C44H46F3N11O6S/c1-3-55(2)65(63,64)54-34-8-7-32(45)38(39(34)47)40(60)31-21-49-41-30(31)16-24(18-48-41)25-19-50-44(51-20-25)57-14-12-56(13-15-57)43(62)29-6-5-28(29)26-22-58(23-26)36-10-4-27(17-33(36)46)52-35-9-11-37(59)53-42(35)61/h4,7-8,10,16-21,26,28-29,35,52,54H,3,5-6,9,11-15,22-23H2,1-2H3,(H,48,49)(H,53,59,61). The van der Waals surface area contributed by atoms with Gasteiger partial charge in [0.25, 0.3) is 0 Å². The van der Waals surface area contributed by atoms with Crippen LogP contribution in [0.25, 0.3) is 22.2 Å². The summed E-state index contributed by atoms with van der Waals surface area (Å²) in [6, 6.07) is 7.56. The van der Waals surface area contributed by atoms with Gasteiger partial charge in [0.1, 0.15) is 23.3 Å². The predicted octanol–water partition coefficient (Wildman–Crippen LogP) is 4.30. The number of pyridine rings is 1. The van der Waals surface area contributed by atoms with Crippen LogP contribution < -0.4 is 25.2 Å². The number of hydrogen-bond acceptors (Lipinski definition) is 12. The first-order valence-corrected chi connectivity index (χ1v) is 22.9. The van der Waals surface area contributed by atoms with Crippen molar-refractivity contribution in [3.63, 3.8) is 0 Å². The molecule has 340 valence electrons. The van der Waals surface area contributed by atoms with Crippen molar-refractivity contribution in [2.45, 2.75) is 38.6 Å². The normalized spacial score (nSPS) is 20.4. The van der Waals surface area contributed by atoms with Gasteiger partial charge in [0.05, 0.1) is 16.9 Å². The largest absolute Gasteiger partial charge is 0.374 e. The van der Waals surface area contributed by atoms with Gasteiger partial charge in [0.15, 0.2) is 5.82 Å². The molecule has 0 bridgehead atoms. The Morgan fingerprint density at radius 3 is 2.31 bits per heavy atom. The first-order chi connectivity index (χ1) is 31.2. The van der Waals surface area contributed by atoms with Crippen LogP contribution in [0.5, 0.6) is 0 Å². The van der Waals surface area contributed by atoms with E-state index < -0.39 is 56.6 Å². The number of fused-ring (bicyclic) bond motifs is 1. The Kier molecular flexibility index (Phi) is 11.7. The first kappa shape index (κ1) is 43.6. The summed E-state index contributed by atoms with van der Waals surface area (Å²) in [7, 11) is -2.87. The molecule has 3 atom stereocenters. The van der Waals surface area contributed by atoms with Crippen molar-refractivity contribution in [2.75, 3.05) is 72.7 Å². The van der Waals surface area contributed by atoms with Crippen LogP contribution in [0.15, 0.2) is 61.2 Å². The SMILES string of the molecule is CCN(C)S(=O)(=O)Nc1ccc(F)c(C(=O)c2c[nH]c3ncc(-c4cnc(N5CCN(C(=O)C6CCC6C6CN(c7ccc(NC8CCC(=O)NC8=O)cc7F)C6)CC5)nc4)cc23)c1F. The number of ketones is 1. The number of H-pyrrole nitrogens is 1. The number of halogens is 3. The molecular formula is C44H46F3N11O6S. The molecule has 21 heteroatoms. The number of amides is 3. The molecule has 4 fully saturated rings. The molecule has 4 aliphatic rings. The Hall–Kier alpha value is -6.61. The third-order valence-corrected chi connectivity index (χ3v) is 14.6. The van der Waals surface area contributed by atoms with Crippen LogP contribution in [-0.2, 0) is 24.6 Å². The van der Waals surface area contributed by atoms with Gasteiger partial charge >= 0.3 is 10.2 Å². The molecule has 3 amide bonds. The number of benzene rings is 2. The van der Waals surface area contributed by atoms with E-state index in [-0.39, 0.29) is 59.1 Å². The summed E-state index contributed by atoms with van der Waals surface area (Å²) in [6.07, 6.45) is 8.40. The lowest BCUT2D eigenvalue weighted by atomic mass is 9.64. The van der Waals surface area contributed by atoms with Gasteiger partial charge in [-0.05, 0) is 67.5 Å². The van der Waals surface area contributed by atoms with Gasteiger partial charge in [-0.3, -0.25) is 29.2 Å². The maximum absolute atomic E-state index is 15.6. The summed E-state index contributed by atoms with van der Waals surface area (Å²) < 4.78 is 74.0. The summed E-state index contributed by atoms with van der Waals surface area (Å²) in [5.74, 6) is -3.63. The van der Waals surface area contributed by atoms with E-state index in [1.807, 2.05) is 14.7 Å². The third kappa shape index (κ3) is 8.45. The zero-order valence-corrected chi connectivity index (χ0v) is 36.3. The molecule has 1 saturated carbocycles. The van der Waals surface area contributed by atoms with E-state index in [1.54, 1.807) is 43.7 Å². The number of aromatic nitrogens is 4. The van der Waals surface area contributed by atoms with Crippen LogP contribution in [-0.4, -0.2) is 120 Å². The molecule has 6 heterocycles. The highest BCUT2D eigenvalue weighted by atomic mass is 32.2. The van der Waals surface area contributed by atoms with Crippen LogP contribution in [0.4, 0.5) is 36.2 Å². The molecule has 3 aliphatic heterocycles. The maximum atomic E-state index is 15.6. The van der Waals surface area contributed by atoms with E-state index in [1.165, 1.54) is 19.3 Å². The molecule has 17 nitrogen and oxygen atoms in total. The lowest BCUT2D eigenvalue weighted by Crippen LogP contribution is -2.58. The molecule has 4 N–H and O–H groups in total. The number of anilines is 4. The topological polar surface area (TPSA) is 206 Å². The predicted molar refractivity (Wildman–Crippen MR) is 235 cm³/mol.